The number of hydrogen-bond acceptors (Lipinski definition) is 8. The molecule has 0 atom stereocenters. The summed E-state index contributed by atoms with van der Waals surface area (Å²) < 4.78 is 86.2. The molecule has 0 aliphatic heterocycles. The third-order valence-electron chi connectivity index (χ3n) is 14.2. The smallest absolute Gasteiger partial charge is 0.328 e. The predicted molar refractivity (Wildman–Crippen MR) is 316 cm³/mol. The zero-order valence-electron chi connectivity index (χ0n) is 43.3. The van der Waals surface area contributed by atoms with Crippen molar-refractivity contribution in [1.82, 2.24) is 18.9 Å². The maximum atomic E-state index is 15.1. The lowest BCUT2D eigenvalue weighted by atomic mass is 9.50. The zero-order chi connectivity index (χ0) is 56.5. The number of ether oxygens (including phenoxy) is 1. The van der Waals surface area contributed by atoms with Crippen molar-refractivity contribution >= 4 is 89.9 Å². The molecule has 0 aliphatic carbocycles. The normalized spacial score (nSPS) is 12.2. The molecule has 0 saturated heterocycles. The molecule has 0 unspecified atom stereocenters. The van der Waals surface area contributed by atoms with Crippen molar-refractivity contribution < 1.29 is 35.3 Å². The van der Waals surface area contributed by atoms with Gasteiger partial charge in [-0.3, -0.25) is 4.55 Å². The Morgan fingerprint density at radius 1 is 0.646 bits per heavy atom. The number of benzene rings is 8. The molecule has 0 saturated carbocycles. The molecule has 0 radical (unpaired) electrons. The fourth-order valence-corrected chi connectivity index (χ4v) is 11.3. The molecule has 0 fully saturated rings. The topological polar surface area (TPSA) is 154 Å². The number of fused-ring (bicyclic) bond motifs is 3. The van der Waals surface area contributed by atoms with Gasteiger partial charge in [-0.05, 0) is 66.6 Å². The van der Waals surface area contributed by atoms with E-state index in [4.69, 9.17) is 30.0 Å². The van der Waals surface area contributed by atoms with E-state index >= 15 is 8.78 Å². The minimum Gasteiger partial charge on any atom is -0.494 e. The third-order valence-corrected chi connectivity index (χ3v) is 15.0. The van der Waals surface area contributed by atoms with Gasteiger partial charge < -0.3 is 22.5 Å². The molecule has 0 bridgehead atoms. The summed E-state index contributed by atoms with van der Waals surface area (Å²) in [5, 5.41) is 13.5. The van der Waals surface area contributed by atoms with E-state index in [1.165, 1.54) is 36.4 Å². The molecular weight excluding hydrogens is 1050 g/mol. The Morgan fingerprint density at radius 2 is 1.12 bits per heavy atom. The van der Waals surface area contributed by atoms with Crippen LogP contribution in [0.1, 0.15) is 23.8 Å². The standard InChI is InChI=1S/C65H42B2F2N6O6S/c1-3-42-19-16-17-28-51(42)61-58-57(62(52(41-70)64-72-53-35-31-48(68)39-55(53)80-64)75(61)67(46-24-12-6-13-25-46)47-26-14-7-15-27-47)60(43-29-33-50(34-30-43)79-37-18-38-82(76,77)78)74(66(44-20-8-4-9-21-44)45-22-10-5-11-23-45)63(58)59(71-2)65-73-54-36-32-49(69)40-56(54)81-65/h1,4-17,19-36,39-40H,18,37-38H2,(H,76,77,78)/b62-52-,63-59+. The fraction of sp³-hybridized carbons (Fsp3) is 0.0462. The Morgan fingerprint density at radius 3 is 1.62 bits per heavy atom. The minimum atomic E-state index is -4.25. The van der Waals surface area contributed by atoms with Crippen molar-refractivity contribution in [1.29, 1.82) is 5.26 Å². The summed E-state index contributed by atoms with van der Waals surface area (Å²) in [4.78, 5) is 14.2. The summed E-state index contributed by atoms with van der Waals surface area (Å²) in [6, 6.07) is 63.9. The van der Waals surface area contributed by atoms with Crippen LogP contribution in [0.5, 0.6) is 5.75 Å². The van der Waals surface area contributed by atoms with Crippen molar-refractivity contribution in [3.63, 3.8) is 0 Å². The first-order chi connectivity index (χ1) is 40.0. The molecule has 12 nitrogen and oxygen atoms in total. The van der Waals surface area contributed by atoms with E-state index in [1.54, 1.807) is 12.1 Å². The number of rotatable bonds is 15. The van der Waals surface area contributed by atoms with Crippen molar-refractivity contribution in [3.05, 3.63) is 257 Å². The first-order valence-electron chi connectivity index (χ1n) is 25.9. The minimum absolute atomic E-state index is 0.0129. The molecular formula is C65H42B2F2N6O6S. The largest absolute Gasteiger partial charge is 0.494 e. The Bertz CT molecular complexity index is 4620. The highest BCUT2D eigenvalue weighted by Gasteiger charge is 2.38. The SMILES string of the molecule is [C-]#[N+]/C(c1nc2ccc(F)cc2o1)=c1\c2c(-c3ccccc3C#C)n(B(c3ccccc3)c3ccccc3)/c(=C(/C#N)c3nc4ccc(F)cc4o3)c2c(-c2ccc(OCCCS(=O)(=O)O)cc2)n1B(c1ccccc1)c1ccccc1. The molecule has 0 spiro atoms. The van der Waals surface area contributed by atoms with Gasteiger partial charge >= 0.3 is 13.7 Å². The number of terminal acetylenes is 1. The zero-order valence-corrected chi connectivity index (χ0v) is 44.1. The van der Waals surface area contributed by atoms with Crippen LogP contribution in [0.4, 0.5) is 8.78 Å². The van der Waals surface area contributed by atoms with Crippen LogP contribution >= 0.6 is 0 Å². The van der Waals surface area contributed by atoms with Gasteiger partial charge in [0, 0.05) is 45.4 Å². The monoisotopic (exact) mass is 1090 g/mol. The summed E-state index contributed by atoms with van der Waals surface area (Å²) in [6.45, 7) is 7.80. The summed E-state index contributed by atoms with van der Waals surface area (Å²) in [5.41, 5.74) is 6.23. The van der Waals surface area contributed by atoms with E-state index in [9.17, 15) is 24.8 Å². The first kappa shape index (κ1) is 52.2. The summed E-state index contributed by atoms with van der Waals surface area (Å²) in [7, 11) is -4.25. The van der Waals surface area contributed by atoms with Gasteiger partial charge in [0.2, 0.25) is 11.8 Å². The fourth-order valence-electron chi connectivity index (χ4n) is 10.8. The molecule has 12 aromatic rings. The van der Waals surface area contributed by atoms with Crippen LogP contribution in [-0.2, 0) is 10.1 Å². The average Bonchev–Trinajstić information content (AvgIpc) is 3.49. The number of nitrogens with zero attached hydrogens (tertiary/aromatic N) is 6. The van der Waals surface area contributed by atoms with Crippen LogP contribution in [0, 0.1) is 41.9 Å². The highest BCUT2D eigenvalue weighted by atomic mass is 32.2. The molecule has 4 heterocycles. The second-order valence-electron chi connectivity index (χ2n) is 19.2. The van der Waals surface area contributed by atoms with E-state index in [-0.39, 0.29) is 63.5 Å². The maximum absolute atomic E-state index is 15.1. The van der Waals surface area contributed by atoms with Crippen LogP contribution in [0.15, 0.2) is 215 Å². The lowest BCUT2D eigenvalue weighted by Gasteiger charge is -2.24. The number of hydrogen-bond donors (Lipinski definition) is 1. The molecule has 17 heteroatoms. The quantitative estimate of drug-likeness (QED) is 0.0348. The predicted octanol–water partition coefficient (Wildman–Crippen LogP) is 9.08. The van der Waals surface area contributed by atoms with Crippen LogP contribution in [0.3, 0.4) is 0 Å². The van der Waals surface area contributed by atoms with Crippen LogP contribution < -0.4 is 37.3 Å². The highest BCUT2D eigenvalue weighted by Crippen LogP contribution is 2.39. The summed E-state index contributed by atoms with van der Waals surface area (Å²) in [6.07, 6.45) is 6.57. The van der Waals surface area contributed by atoms with Crippen molar-refractivity contribution in [3.8, 4) is 46.7 Å². The van der Waals surface area contributed by atoms with Crippen molar-refractivity contribution in [2.75, 3.05) is 12.4 Å². The van der Waals surface area contributed by atoms with E-state index in [0.717, 1.165) is 21.9 Å². The van der Waals surface area contributed by atoms with E-state index in [0.29, 0.717) is 50.1 Å². The molecule has 8 aromatic carbocycles. The maximum Gasteiger partial charge on any atom is 0.328 e. The molecule has 394 valence electrons. The number of halogens is 2. The summed E-state index contributed by atoms with van der Waals surface area (Å²) in [5.74, 6) is 1.40. The molecule has 12 rings (SSSR count). The Labute approximate surface area is 469 Å². The second-order valence-corrected chi connectivity index (χ2v) is 20.8. The highest BCUT2D eigenvalue weighted by molar-refractivity contribution is 7.85. The molecule has 82 heavy (non-hydrogen) atoms. The molecule has 0 amide bonds. The van der Waals surface area contributed by atoms with E-state index in [1.807, 2.05) is 167 Å². The van der Waals surface area contributed by atoms with Crippen LogP contribution in [0.2, 0.25) is 0 Å². The van der Waals surface area contributed by atoms with Crippen molar-refractivity contribution in [2.24, 2.45) is 0 Å². The number of aromatic nitrogens is 4. The van der Waals surface area contributed by atoms with Gasteiger partial charge in [-0.2, -0.15) is 13.7 Å². The third kappa shape index (κ3) is 9.79. The van der Waals surface area contributed by atoms with Gasteiger partial charge in [0.25, 0.3) is 15.8 Å². The lowest BCUT2D eigenvalue weighted by molar-refractivity contribution is 0.316. The number of oxazole rings is 2. The second kappa shape index (κ2) is 22.0. The molecule has 0 aliphatic rings. The lowest BCUT2D eigenvalue weighted by Crippen LogP contribution is -2.54. The Hall–Kier alpha value is -10.5. The van der Waals surface area contributed by atoms with Crippen molar-refractivity contribution in [2.45, 2.75) is 6.42 Å². The Kier molecular flexibility index (Phi) is 14.0. The van der Waals surface area contributed by atoms with Crippen LogP contribution in [0.25, 0.3) is 71.6 Å². The number of nitriles is 1. The average molecular weight is 1090 g/mol. The van der Waals surface area contributed by atoms with Gasteiger partial charge in [0.15, 0.2) is 11.2 Å². The van der Waals surface area contributed by atoms with Crippen LogP contribution in [-0.4, -0.2) is 57.9 Å². The van der Waals surface area contributed by atoms with E-state index in [2.05, 4.69) is 16.8 Å². The summed E-state index contributed by atoms with van der Waals surface area (Å²) >= 11 is 0. The van der Waals surface area contributed by atoms with Gasteiger partial charge in [-0.25, -0.2) is 23.6 Å². The molecule has 4 aromatic heterocycles. The Balaban J connectivity index is 1.40. The van der Waals surface area contributed by atoms with Gasteiger partial charge in [0.05, 0.1) is 29.6 Å². The van der Waals surface area contributed by atoms with Gasteiger partial charge in [-0.1, -0.05) is 167 Å². The first-order valence-corrected chi connectivity index (χ1v) is 27.5. The van der Waals surface area contributed by atoms with Gasteiger partial charge in [0.1, 0.15) is 40.1 Å². The van der Waals surface area contributed by atoms with E-state index < -0.39 is 41.2 Å². The molecule has 1 N–H and O–H groups in total. The van der Waals surface area contributed by atoms with Gasteiger partial charge in [-0.15, -0.1) is 6.42 Å².